The Labute approximate surface area is 404 Å². The lowest BCUT2D eigenvalue weighted by atomic mass is 9.32. The van der Waals surface area contributed by atoms with E-state index in [1.807, 2.05) is 0 Å². The number of nitrogens with zero attached hydrogens (tertiary/aromatic N) is 4. The third-order valence-electron chi connectivity index (χ3n) is 14.1. The Morgan fingerprint density at radius 3 is 1.01 bits per heavy atom. The summed E-state index contributed by atoms with van der Waals surface area (Å²) >= 11 is 0. The Morgan fingerprint density at radius 2 is 0.623 bits per heavy atom. The topological polar surface area (TPSA) is 13.0 Å². The van der Waals surface area contributed by atoms with Crippen LogP contribution in [0.4, 0.5) is 68.2 Å². The second-order valence-electron chi connectivity index (χ2n) is 18.2. The van der Waals surface area contributed by atoms with Crippen molar-refractivity contribution >= 4 is 113 Å². The van der Waals surface area contributed by atoms with E-state index in [1.54, 1.807) is 0 Å². The van der Waals surface area contributed by atoms with Crippen molar-refractivity contribution in [3.63, 3.8) is 0 Å². The van der Waals surface area contributed by atoms with Crippen LogP contribution in [-0.2, 0) is 0 Å². The third kappa shape index (κ3) is 6.61. The molecule has 0 radical (unpaired) electrons. The van der Waals surface area contributed by atoms with Crippen molar-refractivity contribution in [2.24, 2.45) is 0 Å². The molecule has 0 saturated carbocycles. The number of benzene rings is 11. The van der Waals surface area contributed by atoms with E-state index in [0.717, 1.165) is 56.9 Å². The van der Waals surface area contributed by atoms with Crippen LogP contribution in [0.25, 0.3) is 21.5 Å². The van der Waals surface area contributed by atoms with Gasteiger partial charge in [-0.1, -0.05) is 163 Å². The fourth-order valence-electron chi connectivity index (χ4n) is 11.1. The molecular weight excluding hydrogens is 836 g/mol. The fraction of sp³-hybridized carbons (Fsp3) is 0.0312. The number of hydrogen-bond donors (Lipinski definition) is 0. The lowest BCUT2D eigenvalue weighted by molar-refractivity contribution is 1.24. The van der Waals surface area contributed by atoms with Crippen molar-refractivity contribution in [1.82, 2.24) is 0 Å². The Kier molecular flexibility index (Phi) is 9.69. The van der Waals surface area contributed by atoms with Crippen molar-refractivity contribution in [3.05, 3.63) is 260 Å². The van der Waals surface area contributed by atoms with Gasteiger partial charge in [-0.15, -0.1) is 0 Å². The molecule has 0 unspecified atom stereocenters. The molecule has 5 heteroatoms. The number of hydrogen-bond acceptors (Lipinski definition) is 4. The molecule has 2 aliphatic heterocycles. The van der Waals surface area contributed by atoms with Gasteiger partial charge in [0.05, 0.1) is 11.4 Å². The van der Waals surface area contributed by atoms with Gasteiger partial charge in [-0.05, 0) is 138 Å². The highest BCUT2D eigenvalue weighted by Gasteiger charge is 2.46. The van der Waals surface area contributed by atoms with Crippen LogP contribution in [0.1, 0.15) is 11.1 Å². The minimum Gasteiger partial charge on any atom is -0.311 e. The van der Waals surface area contributed by atoms with Crippen molar-refractivity contribution in [3.8, 4) is 0 Å². The number of para-hydroxylation sites is 4. The van der Waals surface area contributed by atoms with Gasteiger partial charge < -0.3 is 19.6 Å². The Morgan fingerprint density at radius 1 is 0.290 bits per heavy atom. The summed E-state index contributed by atoms with van der Waals surface area (Å²) in [4.78, 5) is 9.93. The molecule has 0 bridgehead atoms. The minimum absolute atomic E-state index is 0.131. The predicted octanol–water partition coefficient (Wildman–Crippen LogP) is 15.6. The Balaban J connectivity index is 1.17. The first-order valence-electron chi connectivity index (χ1n) is 23.9. The maximum absolute atomic E-state index is 2.53. The lowest BCUT2D eigenvalue weighted by Gasteiger charge is -2.45. The highest BCUT2D eigenvalue weighted by atomic mass is 15.2. The minimum atomic E-state index is -0.131. The molecule has 4 nitrogen and oxygen atoms in total. The average Bonchev–Trinajstić information content (AvgIpc) is 3.41. The molecule has 0 N–H and O–H groups in total. The van der Waals surface area contributed by atoms with Gasteiger partial charge in [0.25, 0.3) is 6.71 Å². The Bertz CT molecular complexity index is 3450. The van der Waals surface area contributed by atoms with Crippen LogP contribution >= 0.6 is 0 Å². The van der Waals surface area contributed by atoms with E-state index < -0.39 is 0 Å². The standard InChI is InChI=1S/C64H47BN4/c1-44-34-38-50(39-35-44)66(46-20-7-3-8-21-46)58-42-60-62(54-30-17-15-28-52(54)58)65-63-55-31-18-16-29-53(55)59(67(47-22-9-4-10-23-47)51-40-36-45(2)37-41-51)43-61(63)69(49-26-13-6-14-27-49)57-33-19-32-56(64(57)65)68(60)48-24-11-5-12-25-48/h3-43H,1-2H3. The number of aryl methyl sites for hydroxylation is 2. The fourth-order valence-corrected chi connectivity index (χ4v) is 11.1. The third-order valence-corrected chi connectivity index (χ3v) is 14.1. The molecule has 0 atom stereocenters. The van der Waals surface area contributed by atoms with Gasteiger partial charge in [0.15, 0.2) is 0 Å². The maximum Gasteiger partial charge on any atom is 0.253 e. The first-order valence-corrected chi connectivity index (χ1v) is 23.9. The van der Waals surface area contributed by atoms with E-state index in [-0.39, 0.29) is 6.71 Å². The molecule has 11 aromatic rings. The molecule has 0 aromatic heterocycles. The van der Waals surface area contributed by atoms with Crippen molar-refractivity contribution < 1.29 is 0 Å². The second kappa shape index (κ2) is 16.5. The SMILES string of the molecule is Cc1ccc(N(c2ccccc2)c2cc3c(c4ccccc24)B2c4c(cccc4N(c4ccccc4)c4cc(N(c5ccccc5)c5ccc(C)cc5)c5ccccc5c42)N3c2ccccc2)cc1. The van der Waals surface area contributed by atoms with E-state index in [9.17, 15) is 0 Å². The summed E-state index contributed by atoms with van der Waals surface area (Å²) in [6.07, 6.45) is 0. The molecule has 13 rings (SSSR count). The van der Waals surface area contributed by atoms with Gasteiger partial charge >= 0.3 is 0 Å². The highest BCUT2D eigenvalue weighted by molar-refractivity contribution is 7.03. The quantitative estimate of drug-likeness (QED) is 0.141. The number of fused-ring (bicyclic) bond motifs is 8. The molecule has 2 heterocycles. The molecule has 326 valence electrons. The summed E-state index contributed by atoms with van der Waals surface area (Å²) in [5, 5.41) is 4.83. The average molecular weight is 883 g/mol. The van der Waals surface area contributed by atoms with Crippen LogP contribution in [0.5, 0.6) is 0 Å². The summed E-state index contributed by atoms with van der Waals surface area (Å²) in [6.45, 7) is 4.18. The molecule has 0 aliphatic carbocycles. The molecule has 0 spiro atoms. The van der Waals surface area contributed by atoms with Gasteiger partial charge in [-0.25, -0.2) is 0 Å². The van der Waals surface area contributed by atoms with Gasteiger partial charge in [0, 0.05) is 67.6 Å². The Hall–Kier alpha value is -8.80. The second-order valence-corrected chi connectivity index (χ2v) is 18.2. The van der Waals surface area contributed by atoms with E-state index in [2.05, 4.69) is 282 Å². The zero-order chi connectivity index (χ0) is 46.0. The van der Waals surface area contributed by atoms with Crippen LogP contribution in [0.3, 0.4) is 0 Å². The number of rotatable bonds is 8. The molecule has 2 aliphatic rings. The normalized spacial score (nSPS) is 12.4. The van der Waals surface area contributed by atoms with E-state index in [0.29, 0.717) is 0 Å². The van der Waals surface area contributed by atoms with Gasteiger partial charge in [0.2, 0.25) is 0 Å². The first-order chi connectivity index (χ1) is 34.1. The van der Waals surface area contributed by atoms with Gasteiger partial charge in [-0.2, -0.15) is 0 Å². The molecule has 0 amide bonds. The molecule has 0 saturated heterocycles. The number of anilines is 12. The van der Waals surface area contributed by atoms with Crippen LogP contribution in [0, 0.1) is 13.8 Å². The smallest absolute Gasteiger partial charge is 0.253 e. The van der Waals surface area contributed by atoms with Gasteiger partial charge in [-0.3, -0.25) is 0 Å². The van der Waals surface area contributed by atoms with Gasteiger partial charge in [0.1, 0.15) is 0 Å². The summed E-state index contributed by atoms with van der Waals surface area (Å²) in [5.41, 5.74) is 19.9. The van der Waals surface area contributed by atoms with Crippen LogP contribution in [0.15, 0.2) is 249 Å². The lowest BCUT2D eigenvalue weighted by Crippen LogP contribution is -2.61. The summed E-state index contributed by atoms with van der Waals surface area (Å²) in [7, 11) is 0. The summed E-state index contributed by atoms with van der Waals surface area (Å²) in [5.74, 6) is 0. The zero-order valence-electron chi connectivity index (χ0n) is 38.5. The van der Waals surface area contributed by atoms with E-state index in [4.69, 9.17) is 0 Å². The largest absolute Gasteiger partial charge is 0.311 e. The molecule has 69 heavy (non-hydrogen) atoms. The zero-order valence-corrected chi connectivity index (χ0v) is 38.5. The predicted molar refractivity (Wildman–Crippen MR) is 294 cm³/mol. The summed E-state index contributed by atoms with van der Waals surface area (Å²) in [6, 6.07) is 91.5. The van der Waals surface area contributed by atoms with Crippen molar-refractivity contribution in [1.29, 1.82) is 0 Å². The first kappa shape index (κ1) is 40.5. The molecule has 0 fully saturated rings. The van der Waals surface area contributed by atoms with Crippen molar-refractivity contribution in [2.45, 2.75) is 13.8 Å². The van der Waals surface area contributed by atoms with E-state index >= 15 is 0 Å². The molecular formula is C64H47BN4. The maximum atomic E-state index is 2.53. The molecule has 11 aromatic carbocycles. The van der Waals surface area contributed by atoms with Crippen LogP contribution in [-0.4, -0.2) is 6.71 Å². The van der Waals surface area contributed by atoms with Crippen molar-refractivity contribution in [2.75, 3.05) is 19.6 Å². The monoisotopic (exact) mass is 882 g/mol. The van der Waals surface area contributed by atoms with Crippen LogP contribution in [0.2, 0.25) is 0 Å². The van der Waals surface area contributed by atoms with Crippen LogP contribution < -0.4 is 36.0 Å². The highest BCUT2D eigenvalue weighted by Crippen LogP contribution is 2.50. The summed E-state index contributed by atoms with van der Waals surface area (Å²) < 4.78 is 0. The van der Waals surface area contributed by atoms with E-state index in [1.165, 1.54) is 60.4 Å².